The number of anilines is 1. The van der Waals surface area contributed by atoms with Gasteiger partial charge in [-0.25, -0.2) is 9.18 Å². The molecule has 0 spiro atoms. The number of aromatic nitrogens is 1. The number of nitrogens with zero attached hydrogens (tertiary/aromatic N) is 3. The van der Waals surface area contributed by atoms with Crippen LogP contribution in [0.5, 0.6) is 5.75 Å². The van der Waals surface area contributed by atoms with Crippen LogP contribution in [-0.4, -0.2) is 60.4 Å². The van der Waals surface area contributed by atoms with Crippen molar-refractivity contribution in [2.24, 2.45) is 0 Å². The van der Waals surface area contributed by atoms with Crippen LogP contribution in [0.15, 0.2) is 17.1 Å². The number of fused-ring (bicyclic) bond motifs is 1. The van der Waals surface area contributed by atoms with Crippen molar-refractivity contribution in [1.29, 1.82) is 0 Å². The zero-order valence-corrected chi connectivity index (χ0v) is 16.2. The van der Waals surface area contributed by atoms with Crippen molar-refractivity contribution in [3.8, 4) is 5.75 Å². The number of carboxylic acid groups (broad SMARTS) is 1. The van der Waals surface area contributed by atoms with Gasteiger partial charge in [0.05, 0.1) is 18.0 Å². The summed E-state index contributed by atoms with van der Waals surface area (Å²) < 4.78 is 22.6. The van der Waals surface area contributed by atoms with E-state index in [1.54, 1.807) is 4.57 Å². The number of methoxy groups -OCH3 is 1. The summed E-state index contributed by atoms with van der Waals surface area (Å²) >= 11 is 0. The molecule has 2 aromatic rings. The maximum absolute atomic E-state index is 15.2. The highest BCUT2D eigenvalue weighted by molar-refractivity contribution is 5.97. The number of carbonyl (C=O) groups is 1. The first-order chi connectivity index (χ1) is 13.3. The Morgan fingerprint density at radius 3 is 2.61 bits per heavy atom. The number of likely N-dealkylation sites (N-methyl/N-ethyl adjacent to an activating group) is 1. The molecule has 7 nitrogen and oxygen atoms in total. The molecule has 1 aromatic heterocycles. The van der Waals surface area contributed by atoms with E-state index in [0.717, 1.165) is 19.4 Å². The van der Waals surface area contributed by atoms with Crippen LogP contribution in [0, 0.1) is 5.82 Å². The third-order valence-corrected chi connectivity index (χ3v) is 5.85. The van der Waals surface area contributed by atoms with Crippen LogP contribution < -0.4 is 15.1 Å². The largest absolute Gasteiger partial charge is 0.492 e. The van der Waals surface area contributed by atoms with Crippen molar-refractivity contribution in [1.82, 2.24) is 9.47 Å². The fraction of sp³-hybridized carbons (Fsp3) is 0.500. The molecule has 0 amide bonds. The molecule has 1 aliphatic heterocycles. The fourth-order valence-corrected chi connectivity index (χ4v) is 3.98. The third kappa shape index (κ3) is 2.92. The van der Waals surface area contributed by atoms with Gasteiger partial charge in [-0.2, -0.15) is 0 Å². The molecule has 150 valence electrons. The average Bonchev–Trinajstić information content (AvgIpc) is 3.48. The second kappa shape index (κ2) is 6.77. The highest BCUT2D eigenvalue weighted by atomic mass is 19.1. The van der Waals surface area contributed by atoms with Gasteiger partial charge in [0, 0.05) is 37.9 Å². The van der Waals surface area contributed by atoms with E-state index >= 15 is 4.39 Å². The van der Waals surface area contributed by atoms with Crippen molar-refractivity contribution in [2.75, 3.05) is 38.7 Å². The highest BCUT2D eigenvalue weighted by Gasteiger charge is 2.32. The van der Waals surface area contributed by atoms with E-state index in [0.29, 0.717) is 30.0 Å². The summed E-state index contributed by atoms with van der Waals surface area (Å²) in [7, 11) is 3.50. The first-order valence-corrected chi connectivity index (χ1v) is 9.47. The molecule has 4 rings (SSSR count). The second-order valence-corrected chi connectivity index (χ2v) is 7.73. The Bertz CT molecular complexity index is 1010. The molecule has 1 aromatic carbocycles. The van der Waals surface area contributed by atoms with E-state index < -0.39 is 17.2 Å². The van der Waals surface area contributed by atoms with Crippen LogP contribution in [0.3, 0.4) is 0 Å². The number of hydrogen-bond acceptors (Lipinski definition) is 5. The molecule has 1 unspecified atom stereocenters. The standard InChI is InChI=1S/C20H24FN3O4/c1-11-9-23(7-6-22(11)2)17-15(21)8-13-16(19(17)28-3)24(12-4-5-12)10-14(18(13)25)20(26)27/h8,10-12H,4-7,9H2,1-3H3,(H,26,27). The third-order valence-electron chi connectivity index (χ3n) is 5.85. The Balaban J connectivity index is 1.99. The topological polar surface area (TPSA) is 75.0 Å². The fourth-order valence-electron chi connectivity index (χ4n) is 3.98. The Kier molecular flexibility index (Phi) is 4.53. The molecule has 1 N–H and O–H groups in total. The Hall–Kier alpha value is -2.61. The Labute approximate surface area is 161 Å². The van der Waals surface area contributed by atoms with E-state index in [9.17, 15) is 14.7 Å². The molecule has 0 radical (unpaired) electrons. The summed E-state index contributed by atoms with van der Waals surface area (Å²) in [6, 6.07) is 1.51. The number of carboxylic acids is 1. The van der Waals surface area contributed by atoms with Crippen molar-refractivity contribution in [3.05, 3.63) is 33.9 Å². The molecule has 0 bridgehead atoms. The van der Waals surface area contributed by atoms with E-state index in [4.69, 9.17) is 4.74 Å². The minimum Gasteiger partial charge on any atom is -0.492 e. The molecule has 1 saturated heterocycles. The van der Waals surface area contributed by atoms with Crippen LogP contribution >= 0.6 is 0 Å². The Morgan fingerprint density at radius 2 is 2.04 bits per heavy atom. The van der Waals surface area contributed by atoms with Gasteiger partial charge < -0.3 is 24.2 Å². The number of piperazine rings is 1. The van der Waals surface area contributed by atoms with Crippen molar-refractivity contribution in [3.63, 3.8) is 0 Å². The van der Waals surface area contributed by atoms with Gasteiger partial charge in [-0.1, -0.05) is 0 Å². The molecule has 2 aliphatic rings. The maximum atomic E-state index is 15.2. The van der Waals surface area contributed by atoms with Gasteiger partial charge in [0.2, 0.25) is 5.43 Å². The molecule has 2 fully saturated rings. The summed E-state index contributed by atoms with van der Waals surface area (Å²) in [4.78, 5) is 28.4. The predicted octanol–water partition coefficient (Wildman–Crippen LogP) is 2.32. The number of ether oxygens (including phenoxy) is 1. The van der Waals surface area contributed by atoms with Gasteiger partial charge in [0.15, 0.2) is 11.6 Å². The van der Waals surface area contributed by atoms with Gasteiger partial charge in [-0.05, 0) is 32.9 Å². The quantitative estimate of drug-likeness (QED) is 0.865. The van der Waals surface area contributed by atoms with Crippen LogP contribution in [0.4, 0.5) is 10.1 Å². The first kappa shape index (κ1) is 18.7. The summed E-state index contributed by atoms with van der Waals surface area (Å²) in [6.07, 6.45) is 3.15. The number of aromatic carboxylic acids is 1. The SMILES string of the molecule is COc1c(N2CCN(C)C(C)C2)c(F)cc2c(=O)c(C(=O)O)cn(C3CC3)c12. The maximum Gasteiger partial charge on any atom is 0.341 e. The van der Waals surface area contributed by atoms with Crippen LogP contribution in [0.25, 0.3) is 10.9 Å². The van der Waals surface area contributed by atoms with E-state index in [2.05, 4.69) is 11.8 Å². The molecule has 2 heterocycles. The summed E-state index contributed by atoms with van der Waals surface area (Å²) in [5.41, 5.74) is -0.216. The number of benzene rings is 1. The lowest BCUT2D eigenvalue weighted by Gasteiger charge is -2.39. The lowest BCUT2D eigenvalue weighted by molar-refractivity contribution is 0.0695. The molecule has 1 aliphatic carbocycles. The molecular weight excluding hydrogens is 365 g/mol. The van der Waals surface area contributed by atoms with E-state index in [1.807, 2.05) is 11.9 Å². The van der Waals surface area contributed by atoms with Crippen molar-refractivity contribution in [2.45, 2.75) is 31.8 Å². The summed E-state index contributed by atoms with van der Waals surface area (Å²) in [5, 5.41) is 9.46. The van der Waals surface area contributed by atoms with Crippen LogP contribution in [0.2, 0.25) is 0 Å². The second-order valence-electron chi connectivity index (χ2n) is 7.73. The predicted molar refractivity (Wildman–Crippen MR) is 104 cm³/mol. The van der Waals surface area contributed by atoms with Gasteiger partial charge in [-0.3, -0.25) is 4.79 Å². The normalized spacial score (nSPS) is 20.6. The van der Waals surface area contributed by atoms with Crippen molar-refractivity contribution >= 4 is 22.6 Å². The van der Waals surface area contributed by atoms with Crippen molar-refractivity contribution < 1.29 is 19.0 Å². The zero-order chi connectivity index (χ0) is 20.2. The molecule has 1 saturated carbocycles. The lowest BCUT2D eigenvalue weighted by Crippen LogP contribution is -2.50. The molecule has 28 heavy (non-hydrogen) atoms. The van der Waals surface area contributed by atoms with E-state index in [1.165, 1.54) is 19.4 Å². The molecule has 1 atom stereocenters. The number of hydrogen-bond donors (Lipinski definition) is 1. The smallest absolute Gasteiger partial charge is 0.341 e. The minimum absolute atomic E-state index is 0.0482. The minimum atomic E-state index is -1.31. The lowest BCUT2D eigenvalue weighted by atomic mass is 10.1. The average molecular weight is 389 g/mol. The van der Waals surface area contributed by atoms with Crippen LogP contribution in [-0.2, 0) is 0 Å². The number of rotatable bonds is 4. The van der Waals surface area contributed by atoms with Gasteiger partial charge in [0.25, 0.3) is 0 Å². The summed E-state index contributed by atoms with van der Waals surface area (Å²) in [6.45, 7) is 4.14. The van der Waals surface area contributed by atoms with E-state index in [-0.39, 0.29) is 23.0 Å². The molecule has 8 heteroatoms. The monoisotopic (exact) mass is 389 g/mol. The highest BCUT2D eigenvalue weighted by Crippen LogP contribution is 2.43. The van der Waals surface area contributed by atoms with Gasteiger partial charge >= 0.3 is 5.97 Å². The Morgan fingerprint density at radius 1 is 1.32 bits per heavy atom. The molecular formula is C20H24FN3O4. The number of pyridine rings is 1. The summed E-state index contributed by atoms with van der Waals surface area (Å²) in [5.74, 6) is -1.58. The zero-order valence-electron chi connectivity index (χ0n) is 16.2. The van der Waals surface area contributed by atoms with Crippen LogP contribution in [0.1, 0.15) is 36.2 Å². The van der Waals surface area contributed by atoms with Gasteiger partial charge in [-0.15, -0.1) is 0 Å². The first-order valence-electron chi connectivity index (χ1n) is 9.47. The number of halogens is 1. The van der Waals surface area contributed by atoms with Gasteiger partial charge in [0.1, 0.15) is 11.3 Å².